The van der Waals surface area contributed by atoms with Gasteiger partial charge in [0.1, 0.15) is 12.4 Å². The minimum absolute atomic E-state index is 0.133. The summed E-state index contributed by atoms with van der Waals surface area (Å²) in [5, 5.41) is 4.06. The first-order chi connectivity index (χ1) is 14.8. The van der Waals surface area contributed by atoms with Gasteiger partial charge in [0, 0.05) is 33.7 Å². The Balaban J connectivity index is 1.51. The second-order valence-electron chi connectivity index (χ2n) is 7.25. The summed E-state index contributed by atoms with van der Waals surface area (Å²) in [5.41, 5.74) is 0.372. The van der Waals surface area contributed by atoms with Gasteiger partial charge < -0.3 is 10.1 Å². The molecule has 6 nitrogen and oxygen atoms in total. The number of rotatable bonds is 8. The van der Waals surface area contributed by atoms with Crippen LogP contribution in [0, 0.1) is 5.92 Å². The highest BCUT2D eigenvalue weighted by molar-refractivity contribution is 7.88. The molecule has 1 aliphatic heterocycles. The average molecular weight is 506 g/mol. The number of halogens is 3. The number of nitrogens with zero attached hydrogens (tertiary/aromatic N) is 1. The SMILES string of the molecule is O=C(NCCOc1ccc(Cl)cc1)[C@@H]1CCCN(S(=O)(=O)Cc2c(Cl)cccc2Cl)C1. The highest BCUT2D eigenvalue weighted by Gasteiger charge is 2.33. The number of carbonyl (C=O) groups is 1. The van der Waals surface area contributed by atoms with Gasteiger partial charge in [-0.05, 0) is 49.2 Å². The van der Waals surface area contributed by atoms with Crippen LogP contribution in [0.25, 0.3) is 0 Å². The van der Waals surface area contributed by atoms with Crippen LogP contribution in [0.3, 0.4) is 0 Å². The number of nitrogens with one attached hydrogen (secondary N) is 1. The number of carbonyl (C=O) groups excluding carboxylic acids is 1. The average Bonchev–Trinajstić information content (AvgIpc) is 2.75. The summed E-state index contributed by atoms with van der Waals surface area (Å²) in [5.74, 6) is -0.239. The van der Waals surface area contributed by atoms with Crippen molar-refractivity contribution in [3.05, 3.63) is 63.1 Å². The van der Waals surface area contributed by atoms with Crippen molar-refractivity contribution in [1.29, 1.82) is 0 Å². The van der Waals surface area contributed by atoms with Gasteiger partial charge in [0.2, 0.25) is 15.9 Å². The van der Waals surface area contributed by atoms with Crippen LogP contribution >= 0.6 is 34.8 Å². The number of sulfonamides is 1. The van der Waals surface area contributed by atoms with Gasteiger partial charge in [0.25, 0.3) is 0 Å². The molecule has 3 rings (SSSR count). The Bertz CT molecular complexity index is 996. The van der Waals surface area contributed by atoms with Crippen LogP contribution in [0.2, 0.25) is 15.1 Å². The predicted molar refractivity (Wildman–Crippen MR) is 123 cm³/mol. The van der Waals surface area contributed by atoms with Crippen molar-refractivity contribution < 1.29 is 17.9 Å². The van der Waals surface area contributed by atoms with Crippen molar-refractivity contribution in [2.45, 2.75) is 18.6 Å². The van der Waals surface area contributed by atoms with E-state index in [-0.39, 0.29) is 18.2 Å². The lowest BCUT2D eigenvalue weighted by molar-refractivity contribution is -0.126. The largest absolute Gasteiger partial charge is 0.492 e. The number of hydrogen-bond donors (Lipinski definition) is 1. The van der Waals surface area contributed by atoms with Crippen molar-refractivity contribution in [3.8, 4) is 5.75 Å². The summed E-state index contributed by atoms with van der Waals surface area (Å²) in [4.78, 5) is 12.5. The van der Waals surface area contributed by atoms with Gasteiger partial charge in [0.05, 0.1) is 18.2 Å². The van der Waals surface area contributed by atoms with Gasteiger partial charge in [0.15, 0.2) is 0 Å². The van der Waals surface area contributed by atoms with E-state index in [1.165, 1.54) is 4.31 Å². The molecule has 0 aromatic heterocycles. The van der Waals surface area contributed by atoms with Crippen LogP contribution in [0.15, 0.2) is 42.5 Å². The topological polar surface area (TPSA) is 75.7 Å². The molecule has 2 aromatic carbocycles. The van der Waals surface area contributed by atoms with E-state index in [0.717, 1.165) is 0 Å². The van der Waals surface area contributed by atoms with Crippen molar-refractivity contribution >= 4 is 50.7 Å². The van der Waals surface area contributed by atoms with Crippen molar-refractivity contribution in [3.63, 3.8) is 0 Å². The van der Waals surface area contributed by atoms with Crippen LogP contribution in [0.1, 0.15) is 18.4 Å². The third kappa shape index (κ3) is 6.73. The maximum Gasteiger partial charge on any atom is 0.224 e. The van der Waals surface area contributed by atoms with Crippen molar-refractivity contribution in [2.75, 3.05) is 26.2 Å². The Hall–Kier alpha value is -1.51. The van der Waals surface area contributed by atoms with Crippen molar-refractivity contribution in [2.24, 2.45) is 5.92 Å². The molecule has 10 heteroatoms. The molecule has 1 atom stereocenters. The molecule has 1 saturated heterocycles. The van der Waals surface area contributed by atoms with E-state index >= 15 is 0 Å². The van der Waals surface area contributed by atoms with Crippen LogP contribution < -0.4 is 10.1 Å². The summed E-state index contributed by atoms with van der Waals surface area (Å²) < 4.78 is 32.7. The number of piperidine rings is 1. The third-order valence-corrected chi connectivity index (χ3v) is 7.75. The Labute approximate surface area is 197 Å². The summed E-state index contributed by atoms with van der Waals surface area (Å²) in [6, 6.07) is 11.8. The molecule has 0 saturated carbocycles. The van der Waals surface area contributed by atoms with Gasteiger partial charge in [-0.15, -0.1) is 0 Å². The molecule has 0 aliphatic carbocycles. The zero-order valence-corrected chi connectivity index (χ0v) is 19.8. The van der Waals surface area contributed by atoms with E-state index < -0.39 is 15.9 Å². The highest BCUT2D eigenvalue weighted by atomic mass is 35.5. The lowest BCUT2D eigenvalue weighted by Crippen LogP contribution is -2.46. The minimum atomic E-state index is -3.66. The summed E-state index contributed by atoms with van der Waals surface area (Å²) in [7, 11) is -3.66. The Morgan fingerprint density at radius 1 is 1.10 bits per heavy atom. The number of amides is 1. The summed E-state index contributed by atoms with van der Waals surface area (Å²) in [6.45, 7) is 1.12. The fraction of sp³-hybridized carbons (Fsp3) is 0.381. The van der Waals surface area contributed by atoms with E-state index in [0.29, 0.717) is 58.9 Å². The van der Waals surface area contributed by atoms with Gasteiger partial charge >= 0.3 is 0 Å². The Morgan fingerprint density at radius 2 is 1.77 bits per heavy atom. The fourth-order valence-electron chi connectivity index (χ4n) is 3.37. The predicted octanol–water partition coefficient (Wildman–Crippen LogP) is 4.38. The van der Waals surface area contributed by atoms with E-state index in [9.17, 15) is 13.2 Å². The van der Waals surface area contributed by atoms with E-state index in [1.54, 1.807) is 42.5 Å². The molecular formula is C21H23Cl3N2O4S. The first-order valence-electron chi connectivity index (χ1n) is 9.83. The second-order valence-corrected chi connectivity index (χ2v) is 10.5. The van der Waals surface area contributed by atoms with E-state index in [4.69, 9.17) is 39.5 Å². The molecule has 0 unspecified atom stereocenters. The monoisotopic (exact) mass is 504 g/mol. The van der Waals surface area contributed by atoms with Gasteiger partial charge in [-0.25, -0.2) is 12.7 Å². The molecule has 0 radical (unpaired) electrons. The molecule has 1 N–H and O–H groups in total. The zero-order valence-electron chi connectivity index (χ0n) is 16.7. The second kappa shape index (κ2) is 10.9. The number of hydrogen-bond acceptors (Lipinski definition) is 4. The Kier molecular flexibility index (Phi) is 8.47. The number of ether oxygens (including phenoxy) is 1. The quantitative estimate of drug-likeness (QED) is 0.540. The smallest absolute Gasteiger partial charge is 0.224 e. The van der Waals surface area contributed by atoms with Gasteiger partial charge in [-0.2, -0.15) is 0 Å². The minimum Gasteiger partial charge on any atom is -0.492 e. The normalized spacial score (nSPS) is 17.3. The number of benzene rings is 2. The zero-order chi connectivity index (χ0) is 22.4. The van der Waals surface area contributed by atoms with Gasteiger partial charge in [-0.1, -0.05) is 40.9 Å². The standard InChI is InChI=1S/C21H23Cl3N2O4S/c22-16-6-8-17(9-7-16)30-12-10-25-21(27)15-3-2-11-26(13-15)31(28,29)14-18-19(23)4-1-5-20(18)24/h1,4-9,15H,2-3,10-14H2,(H,25,27)/t15-/m1/s1. The molecule has 1 heterocycles. The van der Waals surface area contributed by atoms with Crippen LogP contribution in [0.4, 0.5) is 0 Å². The van der Waals surface area contributed by atoms with Crippen molar-refractivity contribution in [1.82, 2.24) is 9.62 Å². The summed E-state index contributed by atoms with van der Waals surface area (Å²) in [6.07, 6.45) is 1.23. The molecule has 1 amide bonds. The van der Waals surface area contributed by atoms with E-state index in [2.05, 4.69) is 5.32 Å². The molecular weight excluding hydrogens is 483 g/mol. The third-order valence-electron chi connectivity index (χ3n) is 5.02. The van der Waals surface area contributed by atoms with E-state index in [1.807, 2.05) is 0 Å². The van der Waals surface area contributed by atoms with Crippen LogP contribution in [-0.4, -0.2) is 44.9 Å². The molecule has 168 valence electrons. The fourth-order valence-corrected chi connectivity index (χ4v) is 5.86. The molecule has 1 fully saturated rings. The molecule has 31 heavy (non-hydrogen) atoms. The lowest BCUT2D eigenvalue weighted by Gasteiger charge is -2.31. The molecule has 2 aromatic rings. The maximum atomic E-state index is 12.9. The molecule has 1 aliphatic rings. The molecule has 0 spiro atoms. The first-order valence-corrected chi connectivity index (χ1v) is 12.6. The molecule has 0 bridgehead atoms. The van der Waals surface area contributed by atoms with Gasteiger partial charge in [-0.3, -0.25) is 4.79 Å². The highest BCUT2D eigenvalue weighted by Crippen LogP contribution is 2.29. The van der Waals surface area contributed by atoms with Crippen LogP contribution in [-0.2, 0) is 20.6 Å². The first kappa shape index (κ1) is 24.1. The Morgan fingerprint density at radius 3 is 2.45 bits per heavy atom. The summed E-state index contributed by atoms with van der Waals surface area (Å²) >= 11 is 18.1. The van der Waals surface area contributed by atoms with Crippen LogP contribution in [0.5, 0.6) is 5.75 Å². The lowest BCUT2D eigenvalue weighted by atomic mass is 9.99. The maximum absolute atomic E-state index is 12.9.